The summed E-state index contributed by atoms with van der Waals surface area (Å²) in [5, 5.41) is 18.4. The van der Waals surface area contributed by atoms with Crippen LogP contribution in [-0.2, 0) is 11.2 Å². The Morgan fingerprint density at radius 2 is 2.17 bits per heavy atom. The number of aromatic amines is 1. The van der Waals surface area contributed by atoms with Gasteiger partial charge in [-0.15, -0.1) is 0 Å². The lowest BCUT2D eigenvalue weighted by Crippen LogP contribution is -2.52. The van der Waals surface area contributed by atoms with E-state index in [9.17, 15) is 19.8 Å². The maximum absolute atomic E-state index is 11.3. The van der Waals surface area contributed by atoms with Crippen molar-refractivity contribution in [1.82, 2.24) is 14.9 Å². The van der Waals surface area contributed by atoms with Crippen molar-refractivity contribution in [2.24, 2.45) is 5.92 Å². The van der Waals surface area contributed by atoms with E-state index in [1.165, 1.54) is 6.33 Å². The highest BCUT2D eigenvalue weighted by Gasteiger charge is 2.43. The Bertz CT molecular complexity index is 482. The van der Waals surface area contributed by atoms with Crippen LogP contribution < -0.4 is 0 Å². The van der Waals surface area contributed by atoms with Gasteiger partial charge in [-0.2, -0.15) is 0 Å². The van der Waals surface area contributed by atoms with Crippen LogP contribution in [0.15, 0.2) is 6.33 Å². The lowest BCUT2D eigenvalue weighted by Gasteiger charge is -2.39. The molecular formula is C11H15N3O4. The topological polar surface area (TPSA) is 107 Å². The van der Waals surface area contributed by atoms with Crippen molar-refractivity contribution in [2.45, 2.75) is 32.4 Å². The lowest BCUT2D eigenvalue weighted by atomic mass is 9.89. The summed E-state index contributed by atoms with van der Waals surface area (Å²) in [6.45, 7) is 3.70. The maximum atomic E-state index is 11.3. The second kappa shape index (κ2) is 4.32. The fraction of sp³-hybridized carbons (Fsp3) is 0.545. The number of carbonyl (C=O) groups is 2. The zero-order valence-corrected chi connectivity index (χ0v) is 10.1. The summed E-state index contributed by atoms with van der Waals surface area (Å²) in [6.07, 6.45) is 0.375. The average Bonchev–Trinajstić information content (AvgIpc) is 2.72. The number of nitrogens with one attached hydrogen (secondary N) is 1. The molecule has 1 aromatic heterocycles. The van der Waals surface area contributed by atoms with Crippen LogP contribution in [-0.4, -0.2) is 43.2 Å². The molecule has 0 spiro atoms. The van der Waals surface area contributed by atoms with Crippen LogP contribution >= 0.6 is 0 Å². The minimum atomic E-state index is -1.23. The summed E-state index contributed by atoms with van der Waals surface area (Å²) in [5.41, 5.74) is 1.34. The average molecular weight is 253 g/mol. The SMILES string of the molecule is CC(C)[C@H]1c2nc[nH]c2C[C@@H](C(=O)O)N1C(=O)O. The van der Waals surface area contributed by atoms with Crippen LogP contribution in [0.5, 0.6) is 0 Å². The van der Waals surface area contributed by atoms with Gasteiger partial charge in [0.05, 0.1) is 18.1 Å². The Kier molecular flexibility index (Phi) is 2.98. The van der Waals surface area contributed by atoms with E-state index in [1.807, 2.05) is 13.8 Å². The third-order valence-corrected chi connectivity index (χ3v) is 3.20. The lowest BCUT2D eigenvalue weighted by molar-refractivity contribution is -0.144. The first kappa shape index (κ1) is 12.4. The van der Waals surface area contributed by atoms with Crippen molar-refractivity contribution < 1.29 is 19.8 Å². The number of carboxylic acids is 1. The van der Waals surface area contributed by atoms with Crippen molar-refractivity contribution in [3.05, 3.63) is 17.7 Å². The highest BCUT2D eigenvalue weighted by Crippen LogP contribution is 2.36. The van der Waals surface area contributed by atoms with Crippen LogP contribution in [0.4, 0.5) is 4.79 Å². The second-order valence-corrected chi connectivity index (χ2v) is 4.70. The Labute approximate surface area is 103 Å². The molecule has 0 saturated carbocycles. The third kappa shape index (κ3) is 1.81. The van der Waals surface area contributed by atoms with Gasteiger partial charge in [0.15, 0.2) is 0 Å². The van der Waals surface area contributed by atoms with Gasteiger partial charge in [0.25, 0.3) is 0 Å². The molecule has 0 unspecified atom stereocenters. The molecule has 1 aliphatic heterocycles. The molecule has 0 radical (unpaired) electrons. The molecule has 3 N–H and O–H groups in total. The molecule has 7 heteroatoms. The van der Waals surface area contributed by atoms with Crippen molar-refractivity contribution in [2.75, 3.05) is 0 Å². The highest BCUT2D eigenvalue weighted by molar-refractivity contribution is 5.80. The van der Waals surface area contributed by atoms with Crippen LogP contribution in [0.25, 0.3) is 0 Å². The molecule has 7 nitrogen and oxygen atoms in total. The molecule has 0 bridgehead atoms. The molecule has 0 aliphatic carbocycles. The number of carboxylic acid groups (broad SMARTS) is 2. The summed E-state index contributed by atoms with van der Waals surface area (Å²) < 4.78 is 0. The minimum absolute atomic E-state index is 0.0506. The van der Waals surface area contributed by atoms with Crippen molar-refractivity contribution >= 4 is 12.1 Å². The molecule has 98 valence electrons. The normalized spacial score (nSPS) is 22.9. The molecule has 2 atom stereocenters. The number of hydrogen-bond donors (Lipinski definition) is 3. The minimum Gasteiger partial charge on any atom is -0.480 e. The first-order valence-corrected chi connectivity index (χ1v) is 5.69. The summed E-state index contributed by atoms with van der Waals surface area (Å²) in [5.74, 6) is -1.19. The number of aliphatic carboxylic acids is 1. The van der Waals surface area contributed by atoms with Gasteiger partial charge in [0.2, 0.25) is 0 Å². The smallest absolute Gasteiger partial charge is 0.408 e. The summed E-state index contributed by atoms with van der Waals surface area (Å²) in [4.78, 5) is 30.6. The molecular weight excluding hydrogens is 238 g/mol. The van der Waals surface area contributed by atoms with Gasteiger partial charge in [-0.25, -0.2) is 14.6 Å². The van der Waals surface area contributed by atoms with Gasteiger partial charge in [0, 0.05) is 12.1 Å². The van der Waals surface area contributed by atoms with Crippen LogP contribution in [0.1, 0.15) is 31.3 Å². The third-order valence-electron chi connectivity index (χ3n) is 3.20. The van der Waals surface area contributed by atoms with Gasteiger partial charge in [-0.05, 0) is 5.92 Å². The Morgan fingerprint density at radius 1 is 1.50 bits per heavy atom. The molecule has 0 saturated heterocycles. The molecule has 2 rings (SSSR count). The van der Waals surface area contributed by atoms with Gasteiger partial charge < -0.3 is 15.2 Å². The number of imidazole rings is 1. The number of H-pyrrole nitrogens is 1. The monoisotopic (exact) mass is 253 g/mol. The van der Waals surface area contributed by atoms with E-state index in [1.54, 1.807) is 0 Å². The van der Waals surface area contributed by atoms with Gasteiger partial charge in [-0.3, -0.25) is 4.90 Å². The van der Waals surface area contributed by atoms with E-state index in [0.29, 0.717) is 11.4 Å². The van der Waals surface area contributed by atoms with Crippen molar-refractivity contribution in [1.29, 1.82) is 0 Å². The van der Waals surface area contributed by atoms with E-state index in [-0.39, 0.29) is 12.3 Å². The van der Waals surface area contributed by atoms with Crippen molar-refractivity contribution in [3.63, 3.8) is 0 Å². The molecule has 2 heterocycles. The quantitative estimate of drug-likeness (QED) is 0.731. The molecule has 1 amide bonds. The predicted octanol–water partition coefficient (Wildman–Crippen LogP) is 1.10. The Balaban J connectivity index is 2.51. The predicted molar refractivity (Wildman–Crippen MR) is 61.2 cm³/mol. The standard InChI is InChI=1S/C11H15N3O4/c1-5(2)9-8-6(12-4-13-8)3-7(10(15)16)14(9)11(17)18/h4-5,7,9H,3H2,1-2H3,(H,12,13)(H,15,16)(H,17,18)/t7-,9-/m0/s1. The first-order valence-electron chi connectivity index (χ1n) is 5.69. The van der Waals surface area contributed by atoms with E-state index >= 15 is 0 Å². The number of nitrogens with zero attached hydrogens (tertiary/aromatic N) is 2. The molecule has 0 aromatic carbocycles. The Hall–Kier alpha value is -2.05. The summed E-state index contributed by atoms with van der Waals surface area (Å²) >= 11 is 0. The van der Waals surface area contributed by atoms with Gasteiger partial charge in [-0.1, -0.05) is 13.8 Å². The maximum Gasteiger partial charge on any atom is 0.408 e. The number of rotatable bonds is 2. The van der Waals surface area contributed by atoms with Crippen LogP contribution in [0.2, 0.25) is 0 Å². The molecule has 1 aromatic rings. The molecule has 0 fully saturated rings. The number of aromatic nitrogens is 2. The molecule has 1 aliphatic rings. The summed E-state index contributed by atoms with van der Waals surface area (Å²) in [6, 6.07) is -1.60. The highest BCUT2D eigenvalue weighted by atomic mass is 16.4. The second-order valence-electron chi connectivity index (χ2n) is 4.70. The zero-order chi connectivity index (χ0) is 13.4. The van der Waals surface area contributed by atoms with Crippen LogP contribution in [0.3, 0.4) is 0 Å². The van der Waals surface area contributed by atoms with Gasteiger partial charge in [0.1, 0.15) is 6.04 Å². The molecule has 18 heavy (non-hydrogen) atoms. The fourth-order valence-electron chi connectivity index (χ4n) is 2.46. The van der Waals surface area contributed by atoms with E-state index < -0.39 is 24.1 Å². The fourth-order valence-corrected chi connectivity index (χ4v) is 2.46. The summed E-state index contributed by atoms with van der Waals surface area (Å²) in [7, 11) is 0. The van der Waals surface area contributed by atoms with E-state index in [4.69, 9.17) is 0 Å². The number of fused-ring (bicyclic) bond motifs is 1. The van der Waals surface area contributed by atoms with E-state index in [0.717, 1.165) is 4.90 Å². The first-order chi connectivity index (χ1) is 8.43. The van der Waals surface area contributed by atoms with Crippen molar-refractivity contribution in [3.8, 4) is 0 Å². The number of amides is 1. The largest absolute Gasteiger partial charge is 0.480 e. The van der Waals surface area contributed by atoms with E-state index in [2.05, 4.69) is 9.97 Å². The van der Waals surface area contributed by atoms with Gasteiger partial charge >= 0.3 is 12.1 Å². The zero-order valence-electron chi connectivity index (χ0n) is 10.1. The number of hydrogen-bond acceptors (Lipinski definition) is 3. The Morgan fingerprint density at radius 3 is 2.67 bits per heavy atom. The van der Waals surface area contributed by atoms with Crippen LogP contribution in [0, 0.1) is 5.92 Å².